The lowest BCUT2D eigenvalue weighted by molar-refractivity contribution is 0.281. The Morgan fingerprint density at radius 1 is 1.35 bits per heavy atom. The highest BCUT2D eigenvalue weighted by atomic mass is 32.2. The highest BCUT2D eigenvalue weighted by molar-refractivity contribution is 7.92. The molecule has 2 N–H and O–H groups in total. The number of hydrogen-bond acceptors (Lipinski definition) is 6. The number of aliphatic hydroxyl groups excluding tert-OH is 1. The van der Waals surface area contributed by atoms with Crippen LogP contribution in [-0.4, -0.2) is 30.8 Å². The number of aromatic nitrogens is 2. The SMILES string of the molecule is COc1ccc(CO)cc1S(=O)(=O)Nc1cccnn1. The van der Waals surface area contributed by atoms with E-state index in [-0.39, 0.29) is 23.1 Å². The molecule has 0 spiro atoms. The summed E-state index contributed by atoms with van der Waals surface area (Å²) in [4.78, 5) is -0.0720. The van der Waals surface area contributed by atoms with Crippen LogP contribution in [0.3, 0.4) is 0 Å². The van der Waals surface area contributed by atoms with E-state index in [0.29, 0.717) is 5.56 Å². The number of aliphatic hydroxyl groups is 1. The molecule has 0 aliphatic carbocycles. The van der Waals surface area contributed by atoms with Crippen molar-refractivity contribution in [2.24, 2.45) is 0 Å². The number of nitrogens with zero attached hydrogens (tertiary/aromatic N) is 2. The summed E-state index contributed by atoms with van der Waals surface area (Å²) in [7, 11) is -2.51. The molecule has 0 atom stereocenters. The Morgan fingerprint density at radius 2 is 2.15 bits per heavy atom. The quantitative estimate of drug-likeness (QED) is 0.845. The first-order chi connectivity index (χ1) is 9.56. The molecular weight excluding hydrogens is 282 g/mol. The van der Waals surface area contributed by atoms with Gasteiger partial charge in [0.25, 0.3) is 10.0 Å². The molecule has 1 aromatic heterocycles. The van der Waals surface area contributed by atoms with E-state index in [4.69, 9.17) is 9.84 Å². The maximum atomic E-state index is 12.3. The van der Waals surface area contributed by atoms with Gasteiger partial charge in [-0.05, 0) is 29.8 Å². The van der Waals surface area contributed by atoms with Gasteiger partial charge in [0.05, 0.1) is 13.7 Å². The fraction of sp³-hybridized carbons (Fsp3) is 0.167. The number of methoxy groups -OCH3 is 1. The molecule has 0 aliphatic heterocycles. The average Bonchev–Trinajstić information content (AvgIpc) is 2.47. The number of sulfonamides is 1. The molecule has 20 heavy (non-hydrogen) atoms. The lowest BCUT2D eigenvalue weighted by Gasteiger charge is -2.11. The van der Waals surface area contributed by atoms with Gasteiger partial charge in [0.15, 0.2) is 5.82 Å². The summed E-state index contributed by atoms with van der Waals surface area (Å²) in [6.07, 6.45) is 1.44. The van der Waals surface area contributed by atoms with Crippen molar-refractivity contribution in [3.8, 4) is 5.75 Å². The number of ether oxygens (including phenoxy) is 1. The molecule has 2 aromatic rings. The molecule has 1 aromatic carbocycles. The van der Waals surface area contributed by atoms with Gasteiger partial charge in [0.1, 0.15) is 10.6 Å². The minimum absolute atomic E-state index is 0.0720. The van der Waals surface area contributed by atoms with Gasteiger partial charge in [-0.25, -0.2) is 8.42 Å². The Bertz CT molecular complexity index is 689. The topological polar surface area (TPSA) is 101 Å². The molecule has 2 rings (SSSR count). The van der Waals surface area contributed by atoms with Crippen LogP contribution < -0.4 is 9.46 Å². The molecule has 106 valence electrons. The van der Waals surface area contributed by atoms with E-state index in [0.717, 1.165) is 0 Å². The minimum Gasteiger partial charge on any atom is -0.495 e. The van der Waals surface area contributed by atoms with Crippen molar-refractivity contribution in [1.29, 1.82) is 0 Å². The summed E-state index contributed by atoms with van der Waals surface area (Å²) in [6, 6.07) is 7.45. The van der Waals surface area contributed by atoms with E-state index < -0.39 is 10.0 Å². The van der Waals surface area contributed by atoms with Crippen LogP contribution in [0.5, 0.6) is 5.75 Å². The predicted molar refractivity (Wildman–Crippen MR) is 71.8 cm³/mol. The standard InChI is InChI=1S/C12H13N3O4S/c1-19-10-5-4-9(8-16)7-11(10)20(17,18)15-12-3-2-6-13-14-12/h2-7,16H,8H2,1H3,(H,14,15). The normalized spacial score (nSPS) is 11.1. The molecule has 8 heteroatoms. The minimum atomic E-state index is -3.88. The zero-order valence-corrected chi connectivity index (χ0v) is 11.5. The fourth-order valence-electron chi connectivity index (χ4n) is 1.58. The third-order valence-corrected chi connectivity index (χ3v) is 3.89. The van der Waals surface area contributed by atoms with Crippen molar-refractivity contribution in [3.63, 3.8) is 0 Å². The second kappa shape index (κ2) is 5.85. The van der Waals surface area contributed by atoms with Gasteiger partial charge in [-0.15, -0.1) is 5.10 Å². The molecule has 0 fully saturated rings. The van der Waals surface area contributed by atoms with Crippen LogP contribution in [0.4, 0.5) is 5.82 Å². The largest absolute Gasteiger partial charge is 0.495 e. The second-order valence-electron chi connectivity index (χ2n) is 3.86. The average molecular weight is 295 g/mol. The van der Waals surface area contributed by atoms with Crippen molar-refractivity contribution in [1.82, 2.24) is 10.2 Å². The lowest BCUT2D eigenvalue weighted by atomic mass is 10.2. The van der Waals surface area contributed by atoms with Gasteiger partial charge in [0.2, 0.25) is 0 Å². The number of benzene rings is 1. The number of anilines is 1. The predicted octanol–water partition coefficient (Wildman–Crippen LogP) is 0.778. The van der Waals surface area contributed by atoms with Crippen molar-refractivity contribution in [2.45, 2.75) is 11.5 Å². The first kappa shape index (κ1) is 14.2. The summed E-state index contributed by atoms with van der Waals surface area (Å²) in [5.74, 6) is 0.280. The Hall–Kier alpha value is -2.19. The third kappa shape index (κ3) is 3.03. The van der Waals surface area contributed by atoms with Gasteiger partial charge in [-0.3, -0.25) is 4.72 Å². The summed E-state index contributed by atoms with van der Waals surface area (Å²) >= 11 is 0. The monoisotopic (exact) mass is 295 g/mol. The molecule has 0 unspecified atom stereocenters. The number of nitrogens with one attached hydrogen (secondary N) is 1. The van der Waals surface area contributed by atoms with Gasteiger partial charge in [0, 0.05) is 6.20 Å². The van der Waals surface area contributed by atoms with Crippen molar-refractivity contribution in [2.75, 3.05) is 11.8 Å². The summed E-state index contributed by atoms with van der Waals surface area (Å²) in [5.41, 5.74) is 0.463. The Morgan fingerprint density at radius 3 is 2.75 bits per heavy atom. The Labute approximate surface area is 116 Å². The van der Waals surface area contributed by atoms with E-state index in [2.05, 4.69) is 14.9 Å². The van der Waals surface area contributed by atoms with E-state index >= 15 is 0 Å². The highest BCUT2D eigenvalue weighted by Crippen LogP contribution is 2.26. The van der Waals surface area contributed by atoms with E-state index in [1.165, 1.54) is 31.5 Å². The molecule has 0 bridgehead atoms. The van der Waals surface area contributed by atoms with Gasteiger partial charge >= 0.3 is 0 Å². The van der Waals surface area contributed by atoms with Crippen LogP contribution in [0.2, 0.25) is 0 Å². The van der Waals surface area contributed by atoms with Crippen LogP contribution in [0.1, 0.15) is 5.56 Å². The Kier molecular flexibility index (Phi) is 4.16. The summed E-state index contributed by atoms with van der Waals surface area (Å²) in [6.45, 7) is -0.266. The molecule has 0 aliphatic rings. The van der Waals surface area contributed by atoms with Crippen LogP contribution in [0, 0.1) is 0 Å². The molecule has 0 saturated carbocycles. The smallest absolute Gasteiger partial charge is 0.266 e. The molecule has 1 heterocycles. The van der Waals surface area contributed by atoms with Gasteiger partial charge in [-0.1, -0.05) is 6.07 Å². The van der Waals surface area contributed by atoms with Crippen LogP contribution in [-0.2, 0) is 16.6 Å². The molecule has 0 amide bonds. The lowest BCUT2D eigenvalue weighted by Crippen LogP contribution is -2.15. The van der Waals surface area contributed by atoms with Crippen LogP contribution >= 0.6 is 0 Å². The van der Waals surface area contributed by atoms with Gasteiger partial charge in [-0.2, -0.15) is 5.10 Å². The van der Waals surface area contributed by atoms with Crippen molar-refractivity contribution >= 4 is 15.8 Å². The Balaban J connectivity index is 2.43. The molecule has 0 radical (unpaired) electrons. The first-order valence-corrected chi connectivity index (χ1v) is 7.13. The number of rotatable bonds is 5. The highest BCUT2D eigenvalue weighted by Gasteiger charge is 2.20. The van der Waals surface area contributed by atoms with E-state index in [1.807, 2.05) is 0 Å². The van der Waals surface area contributed by atoms with Gasteiger partial charge < -0.3 is 9.84 Å². The second-order valence-corrected chi connectivity index (χ2v) is 5.51. The van der Waals surface area contributed by atoms with E-state index in [9.17, 15) is 8.42 Å². The zero-order chi connectivity index (χ0) is 14.6. The maximum absolute atomic E-state index is 12.3. The third-order valence-electron chi connectivity index (χ3n) is 2.51. The first-order valence-electron chi connectivity index (χ1n) is 5.65. The van der Waals surface area contributed by atoms with Crippen LogP contribution in [0.15, 0.2) is 41.4 Å². The van der Waals surface area contributed by atoms with E-state index in [1.54, 1.807) is 12.1 Å². The summed E-state index contributed by atoms with van der Waals surface area (Å²) in [5, 5.41) is 16.4. The van der Waals surface area contributed by atoms with Crippen LogP contribution in [0.25, 0.3) is 0 Å². The zero-order valence-electron chi connectivity index (χ0n) is 10.6. The van der Waals surface area contributed by atoms with Crippen molar-refractivity contribution < 1.29 is 18.3 Å². The van der Waals surface area contributed by atoms with Crippen molar-refractivity contribution in [3.05, 3.63) is 42.1 Å². The fourth-order valence-corrected chi connectivity index (χ4v) is 2.79. The summed E-state index contributed by atoms with van der Waals surface area (Å²) < 4.78 is 31.9. The molecule has 0 saturated heterocycles. The molecule has 7 nitrogen and oxygen atoms in total. The number of hydrogen-bond donors (Lipinski definition) is 2. The maximum Gasteiger partial charge on any atom is 0.266 e. The molecular formula is C12H13N3O4S.